The van der Waals surface area contributed by atoms with E-state index in [-0.39, 0.29) is 35.0 Å². The van der Waals surface area contributed by atoms with E-state index in [1.165, 1.54) is 31.7 Å². The van der Waals surface area contributed by atoms with Crippen molar-refractivity contribution in [3.8, 4) is 23.0 Å². The van der Waals surface area contributed by atoms with Crippen LogP contribution in [0.15, 0.2) is 30.3 Å². The fraction of sp³-hybridized carbons (Fsp3) is 0.458. The summed E-state index contributed by atoms with van der Waals surface area (Å²) in [6.07, 6.45) is 8.23. The molecule has 156 valence electrons. The molecule has 0 saturated carbocycles. The van der Waals surface area contributed by atoms with Crippen LogP contribution in [-0.4, -0.2) is 21.1 Å². The van der Waals surface area contributed by atoms with E-state index < -0.39 is 6.10 Å². The number of hydrogen-bond donors (Lipinski definition) is 3. The third-order valence-corrected chi connectivity index (χ3v) is 5.54. The number of phenolic OH excluding ortho intramolecular Hbond substituents is 3. The first kappa shape index (κ1) is 21.0. The molecule has 0 bridgehead atoms. The van der Waals surface area contributed by atoms with Gasteiger partial charge in [-0.15, -0.1) is 0 Å². The number of ketones is 1. The van der Waals surface area contributed by atoms with Crippen molar-refractivity contribution in [2.45, 2.75) is 70.8 Å². The van der Waals surface area contributed by atoms with Crippen LogP contribution in [0.3, 0.4) is 0 Å². The summed E-state index contributed by atoms with van der Waals surface area (Å²) in [4.78, 5) is 12.7. The monoisotopic (exact) mass is 398 g/mol. The molecular weight excluding hydrogens is 368 g/mol. The van der Waals surface area contributed by atoms with Gasteiger partial charge < -0.3 is 20.1 Å². The molecule has 1 atom stereocenters. The Morgan fingerprint density at radius 3 is 2.28 bits per heavy atom. The summed E-state index contributed by atoms with van der Waals surface area (Å²) < 4.78 is 6.11. The fourth-order valence-electron chi connectivity index (χ4n) is 3.90. The van der Waals surface area contributed by atoms with Gasteiger partial charge in [0.2, 0.25) is 0 Å². The number of ether oxygens (including phenoxy) is 1. The Bertz CT molecular complexity index is 841. The van der Waals surface area contributed by atoms with Crippen molar-refractivity contribution >= 4 is 5.78 Å². The summed E-state index contributed by atoms with van der Waals surface area (Å²) >= 11 is 0. The van der Waals surface area contributed by atoms with Crippen molar-refractivity contribution in [3.05, 3.63) is 47.0 Å². The number of aromatic hydroxyl groups is 3. The lowest BCUT2D eigenvalue weighted by Crippen LogP contribution is -2.21. The third kappa shape index (κ3) is 5.03. The first-order valence-electron chi connectivity index (χ1n) is 10.6. The van der Waals surface area contributed by atoms with Gasteiger partial charge in [0, 0.05) is 11.6 Å². The van der Waals surface area contributed by atoms with Crippen LogP contribution in [0.25, 0.3) is 0 Å². The molecule has 5 nitrogen and oxygen atoms in total. The van der Waals surface area contributed by atoms with Gasteiger partial charge in [-0.1, -0.05) is 57.6 Å². The lowest BCUT2D eigenvalue weighted by atomic mass is 9.91. The smallest absolute Gasteiger partial charge is 0.174 e. The molecule has 1 heterocycles. The van der Waals surface area contributed by atoms with Crippen molar-refractivity contribution in [3.63, 3.8) is 0 Å². The summed E-state index contributed by atoms with van der Waals surface area (Å²) in [5.74, 6) is -0.0435. The zero-order valence-electron chi connectivity index (χ0n) is 17.0. The van der Waals surface area contributed by atoms with E-state index in [1.54, 1.807) is 24.3 Å². The predicted octanol–water partition coefficient (Wildman–Crippen LogP) is 5.80. The van der Waals surface area contributed by atoms with E-state index in [1.807, 2.05) is 0 Å². The molecule has 29 heavy (non-hydrogen) atoms. The van der Waals surface area contributed by atoms with Gasteiger partial charge in [-0.05, 0) is 30.5 Å². The molecule has 0 spiro atoms. The second-order valence-corrected chi connectivity index (χ2v) is 7.79. The summed E-state index contributed by atoms with van der Waals surface area (Å²) in [7, 11) is 0. The number of benzene rings is 2. The van der Waals surface area contributed by atoms with Crippen LogP contribution in [0, 0.1) is 0 Å². The third-order valence-electron chi connectivity index (χ3n) is 5.54. The highest BCUT2D eigenvalue weighted by molar-refractivity contribution is 6.03. The lowest BCUT2D eigenvalue weighted by molar-refractivity contribution is 0.0842. The highest BCUT2D eigenvalue weighted by Crippen LogP contribution is 2.45. The number of Topliss-reactive ketones (excluding diaryl/α,β-unsaturated/α-hetero) is 1. The summed E-state index contributed by atoms with van der Waals surface area (Å²) in [6.45, 7) is 2.20. The van der Waals surface area contributed by atoms with Gasteiger partial charge in [-0.2, -0.15) is 0 Å². The van der Waals surface area contributed by atoms with Crippen molar-refractivity contribution in [1.82, 2.24) is 0 Å². The molecule has 0 unspecified atom stereocenters. The second kappa shape index (κ2) is 9.68. The zero-order chi connectivity index (χ0) is 20.8. The van der Waals surface area contributed by atoms with Gasteiger partial charge in [0.25, 0.3) is 0 Å². The number of rotatable bonds is 9. The fourth-order valence-corrected chi connectivity index (χ4v) is 3.90. The van der Waals surface area contributed by atoms with Crippen molar-refractivity contribution < 1.29 is 24.9 Å². The number of fused-ring (bicyclic) bond motifs is 1. The Hall–Kier alpha value is -2.69. The molecule has 3 N–H and O–H groups in total. The molecule has 0 saturated heterocycles. The number of carbonyl (C=O) groups excluding carboxylic acids is 1. The highest BCUT2D eigenvalue weighted by atomic mass is 16.5. The Morgan fingerprint density at radius 2 is 1.59 bits per heavy atom. The van der Waals surface area contributed by atoms with Crippen LogP contribution in [-0.2, 0) is 6.42 Å². The standard InChI is InChI=1S/C24H30O5/c1-2-3-4-5-6-7-8-9-18-19(26)14-20(27)23-21(28)15-22(29-24(18)23)16-10-12-17(25)13-11-16/h10-14,22,25-27H,2-9,15H2,1H3/t22-/m0/s1. The highest BCUT2D eigenvalue weighted by Gasteiger charge is 2.33. The van der Waals surface area contributed by atoms with Crippen LogP contribution >= 0.6 is 0 Å². The van der Waals surface area contributed by atoms with Crippen LogP contribution in [0.2, 0.25) is 0 Å². The van der Waals surface area contributed by atoms with E-state index >= 15 is 0 Å². The second-order valence-electron chi connectivity index (χ2n) is 7.79. The summed E-state index contributed by atoms with van der Waals surface area (Å²) in [5, 5.41) is 30.1. The maximum absolute atomic E-state index is 12.7. The molecule has 0 aromatic heterocycles. The SMILES string of the molecule is CCCCCCCCCc1c(O)cc(O)c2c1O[C@H](c1ccc(O)cc1)CC2=O. The Labute approximate surface area is 172 Å². The average Bonchev–Trinajstić information content (AvgIpc) is 2.69. The molecule has 0 radical (unpaired) electrons. The van der Waals surface area contributed by atoms with E-state index in [9.17, 15) is 20.1 Å². The molecule has 2 aromatic rings. The van der Waals surface area contributed by atoms with Crippen molar-refractivity contribution in [2.24, 2.45) is 0 Å². The maximum Gasteiger partial charge on any atom is 0.174 e. The van der Waals surface area contributed by atoms with E-state index in [0.717, 1.165) is 24.8 Å². The number of unbranched alkanes of at least 4 members (excludes halogenated alkanes) is 6. The van der Waals surface area contributed by atoms with Gasteiger partial charge in [-0.3, -0.25) is 4.79 Å². The largest absolute Gasteiger partial charge is 0.508 e. The molecule has 0 fully saturated rings. The van der Waals surface area contributed by atoms with Crippen LogP contribution < -0.4 is 4.74 Å². The number of phenols is 3. The summed E-state index contributed by atoms with van der Waals surface area (Å²) in [5.41, 5.74) is 1.52. The molecule has 2 aromatic carbocycles. The molecule has 3 rings (SSSR count). The Kier molecular flexibility index (Phi) is 7.02. The summed E-state index contributed by atoms with van der Waals surface area (Å²) in [6, 6.07) is 7.79. The lowest BCUT2D eigenvalue weighted by Gasteiger charge is -2.28. The van der Waals surface area contributed by atoms with E-state index in [2.05, 4.69) is 6.92 Å². The van der Waals surface area contributed by atoms with Crippen molar-refractivity contribution in [2.75, 3.05) is 0 Å². The average molecular weight is 398 g/mol. The number of hydrogen-bond acceptors (Lipinski definition) is 5. The molecule has 1 aliphatic heterocycles. The molecular formula is C24H30O5. The first-order chi connectivity index (χ1) is 14.0. The minimum Gasteiger partial charge on any atom is -0.508 e. The van der Waals surface area contributed by atoms with Gasteiger partial charge >= 0.3 is 0 Å². The maximum atomic E-state index is 12.7. The van der Waals surface area contributed by atoms with E-state index in [0.29, 0.717) is 17.7 Å². The van der Waals surface area contributed by atoms with Gasteiger partial charge in [-0.25, -0.2) is 0 Å². The predicted molar refractivity (Wildman–Crippen MR) is 112 cm³/mol. The van der Waals surface area contributed by atoms with Crippen LogP contribution in [0.1, 0.15) is 85.9 Å². The molecule has 1 aliphatic rings. The van der Waals surface area contributed by atoms with Gasteiger partial charge in [0.1, 0.15) is 34.7 Å². The van der Waals surface area contributed by atoms with Gasteiger partial charge in [0.05, 0.1) is 6.42 Å². The van der Waals surface area contributed by atoms with Gasteiger partial charge in [0.15, 0.2) is 5.78 Å². The Balaban J connectivity index is 1.76. The number of carbonyl (C=O) groups is 1. The normalized spacial score (nSPS) is 15.8. The van der Waals surface area contributed by atoms with E-state index in [4.69, 9.17) is 4.74 Å². The molecule has 5 heteroatoms. The first-order valence-corrected chi connectivity index (χ1v) is 10.6. The molecule has 0 amide bonds. The minimum atomic E-state index is -0.510. The quantitative estimate of drug-likeness (QED) is 0.465. The topological polar surface area (TPSA) is 87.0 Å². The van der Waals surface area contributed by atoms with Crippen LogP contribution in [0.4, 0.5) is 0 Å². The zero-order valence-corrected chi connectivity index (χ0v) is 17.0. The Morgan fingerprint density at radius 1 is 0.931 bits per heavy atom. The molecule has 0 aliphatic carbocycles. The minimum absolute atomic E-state index is 0.0358. The van der Waals surface area contributed by atoms with Crippen LogP contribution in [0.5, 0.6) is 23.0 Å². The van der Waals surface area contributed by atoms with Crippen molar-refractivity contribution in [1.29, 1.82) is 0 Å².